The number of rotatable bonds is 5. The van der Waals surface area contributed by atoms with E-state index in [4.69, 9.17) is 0 Å². The zero-order valence-electron chi connectivity index (χ0n) is 9.28. The first-order valence-corrected chi connectivity index (χ1v) is 6.59. The highest BCUT2D eigenvalue weighted by molar-refractivity contribution is 8.00. The molecule has 1 aliphatic rings. The number of hydrogen-bond acceptors (Lipinski definition) is 3. The molecular weight excluding hydrogens is 206 g/mol. The van der Waals surface area contributed by atoms with Crippen LogP contribution >= 0.6 is 11.8 Å². The lowest BCUT2D eigenvalue weighted by Gasteiger charge is -2.22. The van der Waals surface area contributed by atoms with E-state index in [9.17, 15) is 0 Å². The van der Waals surface area contributed by atoms with Crippen molar-refractivity contribution >= 4 is 11.8 Å². The quantitative estimate of drug-likeness (QED) is 0.774. The second-order valence-corrected chi connectivity index (χ2v) is 6.03. The maximum absolute atomic E-state index is 4.17. The van der Waals surface area contributed by atoms with Crippen molar-refractivity contribution in [3.8, 4) is 0 Å². The molecule has 4 heteroatoms. The third-order valence-electron chi connectivity index (χ3n) is 2.88. The van der Waals surface area contributed by atoms with Gasteiger partial charge in [0.05, 0.1) is 6.54 Å². The number of thioether (sulfide) groups is 1. The first-order chi connectivity index (χ1) is 7.29. The summed E-state index contributed by atoms with van der Waals surface area (Å²) in [6.07, 6.45) is 6.57. The zero-order chi connectivity index (χ0) is 10.6. The van der Waals surface area contributed by atoms with Crippen LogP contribution in [0.3, 0.4) is 0 Å². The molecule has 15 heavy (non-hydrogen) atoms. The van der Waals surface area contributed by atoms with Crippen molar-refractivity contribution in [2.75, 3.05) is 18.8 Å². The lowest BCUT2D eigenvalue weighted by atomic mass is 10.1. The van der Waals surface area contributed by atoms with Gasteiger partial charge in [-0.3, -0.25) is 4.68 Å². The third kappa shape index (κ3) is 3.24. The maximum atomic E-state index is 4.17. The molecule has 0 radical (unpaired) electrons. The Labute approximate surface area is 95.6 Å². The van der Waals surface area contributed by atoms with Gasteiger partial charge in [0.15, 0.2) is 0 Å². The first-order valence-electron chi connectivity index (χ1n) is 5.61. The van der Waals surface area contributed by atoms with Crippen molar-refractivity contribution in [3.05, 3.63) is 18.5 Å². The molecule has 1 atom stereocenters. The molecule has 2 heterocycles. The van der Waals surface area contributed by atoms with Crippen LogP contribution in [-0.4, -0.2) is 33.4 Å². The van der Waals surface area contributed by atoms with Crippen molar-refractivity contribution in [1.82, 2.24) is 15.1 Å². The van der Waals surface area contributed by atoms with Crippen molar-refractivity contribution in [2.24, 2.45) is 0 Å². The van der Waals surface area contributed by atoms with Gasteiger partial charge in [-0.2, -0.15) is 16.9 Å². The number of hydrogen-bond donors (Lipinski definition) is 1. The molecule has 1 N–H and O–H groups in total. The molecule has 3 nitrogen and oxygen atoms in total. The van der Waals surface area contributed by atoms with Crippen LogP contribution in [0.25, 0.3) is 0 Å². The summed E-state index contributed by atoms with van der Waals surface area (Å²) in [4.78, 5) is 0. The van der Waals surface area contributed by atoms with E-state index >= 15 is 0 Å². The zero-order valence-corrected chi connectivity index (χ0v) is 10.1. The Hall–Kier alpha value is -0.480. The highest BCUT2D eigenvalue weighted by Gasteiger charge is 2.28. The van der Waals surface area contributed by atoms with E-state index in [-0.39, 0.29) is 0 Å². The van der Waals surface area contributed by atoms with Gasteiger partial charge in [-0.15, -0.1) is 0 Å². The van der Waals surface area contributed by atoms with Gasteiger partial charge in [-0.05, 0) is 31.6 Å². The van der Waals surface area contributed by atoms with Gasteiger partial charge in [-0.1, -0.05) is 0 Å². The summed E-state index contributed by atoms with van der Waals surface area (Å²) in [6.45, 7) is 5.47. The molecular formula is C11H19N3S. The summed E-state index contributed by atoms with van der Waals surface area (Å²) < 4.78 is 2.45. The molecule has 1 aromatic heterocycles. The van der Waals surface area contributed by atoms with E-state index in [1.165, 1.54) is 18.6 Å². The first kappa shape index (κ1) is 11.0. The monoisotopic (exact) mass is 225 g/mol. The molecule has 0 amide bonds. The molecule has 1 unspecified atom stereocenters. The Balaban J connectivity index is 1.62. The largest absolute Gasteiger partial charge is 0.314 e. The lowest BCUT2D eigenvalue weighted by Crippen LogP contribution is -2.34. The SMILES string of the molecule is CC1(CNCCn2cccn2)CCCS1. The molecule has 1 aromatic rings. The fourth-order valence-corrected chi connectivity index (χ4v) is 3.23. The Morgan fingerprint density at radius 3 is 3.20 bits per heavy atom. The number of nitrogens with one attached hydrogen (secondary N) is 1. The van der Waals surface area contributed by atoms with Gasteiger partial charge in [0.1, 0.15) is 0 Å². The maximum Gasteiger partial charge on any atom is 0.0533 e. The third-order valence-corrected chi connectivity index (χ3v) is 4.41. The topological polar surface area (TPSA) is 29.9 Å². The van der Waals surface area contributed by atoms with Crippen molar-refractivity contribution in [3.63, 3.8) is 0 Å². The molecule has 84 valence electrons. The van der Waals surface area contributed by atoms with Gasteiger partial charge in [0.25, 0.3) is 0 Å². The van der Waals surface area contributed by atoms with E-state index in [0.29, 0.717) is 4.75 Å². The normalized spacial score (nSPS) is 25.9. The van der Waals surface area contributed by atoms with Crippen molar-refractivity contribution in [2.45, 2.75) is 31.1 Å². The average Bonchev–Trinajstić information content (AvgIpc) is 2.84. The van der Waals surface area contributed by atoms with Gasteiger partial charge in [0.2, 0.25) is 0 Å². The highest BCUT2D eigenvalue weighted by Crippen LogP contribution is 2.36. The fourth-order valence-electron chi connectivity index (χ4n) is 1.96. The van der Waals surface area contributed by atoms with Gasteiger partial charge in [-0.25, -0.2) is 0 Å². The smallest absolute Gasteiger partial charge is 0.0533 e. The minimum atomic E-state index is 0.476. The molecule has 1 fully saturated rings. The summed E-state index contributed by atoms with van der Waals surface area (Å²) in [5.41, 5.74) is 0. The summed E-state index contributed by atoms with van der Waals surface area (Å²) in [5, 5.41) is 7.70. The molecule has 1 saturated heterocycles. The van der Waals surface area contributed by atoms with Crippen LogP contribution < -0.4 is 5.32 Å². The average molecular weight is 225 g/mol. The lowest BCUT2D eigenvalue weighted by molar-refractivity contribution is 0.501. The fraction of sp³-hybridized carbons (Fsp3) is 0.727. The molecule has 0 bridgehead atoms. The summed E-state index contributed by atoms with van der Waals surface area (Å²) in [7, 11) is 0. The molecule has 1 aliphatic heterocycles. The van der Waals surface area contributed by atoms with Crippen LogP contribution in [0.1, 0.15) is 19.8 Å². The van der Waals surface area contributed by atoms with Crippen LogP contribution in [0.4, 0.5) is 0 Å². The van der Waals surface area contributed by atoms with Crippen LogP contribution in [0, 0.1) is 0 Å². The molecule has 2 rings (SSSR count). The van der Waals surface area contributed by atoms with Crippen LogP contribution in [-0.2, 0) is 6.54 Å². The predicted octanol–water partition coefficient (Wildman–Crippen LogP) is 1.76. The molecule has 0 aliphatic carbocycles. The summed E-state index contributed by atoms with van der Waals surface area (Å²) >= 11 is 2.11. The van der Waals surface area contributed by atoms with E-state index in [2.05, 4.69) is 29.1 Å². The van der Waals surface area contributed by atoms with E-state index in [0.717, 1.165) is 19.6 Å². The summed E-state index contributed by atoms with van der Waals surface area (Å²) in [6, 6.07) is 1.97. The number of aromatic nitrogens is 2. The van der Waals surface area contributed by atoms with E-state index < -0.39 is 0 Å². The van der Waals surface area contributed by atoms with Gasteiger partial charge in [0, 0.05) is 30.2 Å². The predicted molar refractivity (Wildman–Crippen MR) is 65.2 cm³/mol. The molecule has 0 aromatic carbocycles. The van der Waals surface area contributed by atoms with E-state index in [1.807, 2.05) is 23.1 Å². The van der Waals surface area contributed by atoms with Gasteiger partial charge >= 0.3 is 0 Å². The Bertz CT molecular complexity index is 278. The van der Waals surface area contributed by atoms with Crippen LogP contribution in [0.5, 0.6) is 0 Å². The second-order valence-electron chi connectivity index (χ2n) is 4.35. The van der Waals surface area contributed by atoms with Crippen LogP contribution in [0.2, 0.25) is 0 Å². The Morgan fingerprint density at radius 1 is 1.60 bits per heavy atom. The Kier molecular flexibility index (Phi) is 3.70. The molecule has 0 spiro atoms. The van der Waals surface area contributed by atoms with Gasteiger partial charge < -0.3 is 5.32 Å². The Morgan fingerprint density at radius 2 is 2.53 bits per heavy atom. The minimum absolute atomic E-state index is 0.476. The molecule has 0 saturated carbocycles. The van der Waals surface area contributed by atoms with E-state index in [1.54, 1.807) is 0 Å². The number of nitrogens with zero attached hydrogens (tertiary/aromatic N) is 2. The highest BCUT2D eigenvalue weighted by atomic mass is 32.2. The second kappa shape index (κ2) is 5.03. The van der Waals surface area contributed by atoms with Crippen molar-refractivity contribution < 1.29 is 0 Å². The van der Waals surface area contributed by atoms with Crippen molar-refractivity contribution in [1.29, 1.82) is 0 Å². The standard InChI is InChI=1S/C11H19N3S/c1-11(4-2-9-15-11)10-12-6-8-14-7-3-5-13-14/h3,5,7,12H,2,4,6,8-10H2,1H3. The van der Waals surface area contributed by atoms with Crippen LogP contribution in [0.15, 0.2) is 18.5 Å². The minimum Gasteiger partial charge on any atom is -0.314 e. The summed E-state index contributed by atoms with van der Waals surface area (Å²) in [5.74, 6) is 1.33.